The van der Waals surface area contributed by atoms with Crippen molar-refractivity contribution in [3.8, 4) is 0 Å². The average Bonchev–Trinajstić information content (AvgIpc) is 2.83. The Morgan fingerprint density at radius 1 is 1.00 bits per heavy atom. The number of nitrogens with zero attached hydrogens (tertiary/aromatic N) is 1. The quantitative estimate of drug-likeness (QED) is 0.614. The van der Waals surface area contributed by atoms with Crippen molar-refractivity contribution in [1.82, 2.24) is 4.90 Å². The molecule has 5 nitrogen and oxygen atoms in total. The van der Waals surface area contributed by atoms with E-state index in [1.54, 1.807) is 45.0 Å². The fourth-order valence-corrected chi connectivity index (χ4v) is 3.20. The van der Waals surface area contributed by atoms with Crippen LogP contribution in [-0.4, -0.2) is 34.3 Å². The van der Waals surface area contributed by atoms with Crippen LogP contribution >= 0.6 is 0 Å². The molecular weight excluding hydrogens is 342 g/mol. The van der Waals surface area contributed by atoms with E-state index in [2.05, 4.69) is 0 Å². The number of ether oxygens (including phenoxy) is 1. The molecule has 2 aromatic carbocycles. The van der Waals surface area contributed by atoms with Crippen molar-refractivity contribution < 1.29 is 19.1 Å². The summed E-state index contributed by atoms with van der Waals surface area (Å²) in [7, 11) is 0. The Hall–Kier alpha value is -2.95. The van der Waals surface area contributed by atoms with E-state index in [1.807, 2.05) is 31.2 Å². The van der Waals surface area contributed by atoms with Gasteiger partial charge in [0.05, 0.1) is 11.1 Å². The predicted octanol–water partition coefficient (Wildman–Crippen LogP) is 3.54. The SMILES string of the molecule is Cc1cccc(C[C@@H](C(=O)OC(C)(C)C)N2C(=O)c3ccccc3C2=O)c1. The molecule has 27 heavy (non-hydrogen) atoms. The van der Waals surface area contributed by atoms with Crippen molar-refractivity contribution in [2.24, 2.45) is 0 Å². The number of amides is 2. The monoisotopic (exact) mass is 365 g/mol. The Morgan fingerprint density at radius 2 is 1.59 bits per heavy atom. The maximum Gasteiger partial charge on any atom is 0.330 e. The molecule has 0 bridgehead atoms. The van der Waals surface area contributed by atoms with Gasteiger partial charge in [0.15, 0.2) is 0 Å². The molecule has 0 radical (unpaired) electrons. The lowest BCUT2D eigenvalue weighted by Crippen LogP contribution is -2.48. The van der Waals surface area contributed by atoms with Crippen LogP contribution in [-0.2, 0) is 16.0 Å². The van der Waals surface area contributed by atoms with Gasteiger partial charge in [-0.2, -0.15) is 0 Å². The van der Waals surface area contributed by atoms with Crippen LogP contribution < -0.4 is 0 Å². The van der Waals surface area contributed by atoms with E-state index in [4.69, 9.17) is 4.74 Å². The molecule has 1 atom stereocenters. The van der Waals surface area contributed by atoms with Crippen molar-refractivity contribution in [3.63, 3.8) is 0 Å². The normalized spacial score (nSPS) is 14.9. The van der Waals surface area contributed by atoms with E-state index in [-0.39, 0.29) is 6.42 Å². The molecule has 0 saturated heterocycles. The molecular formula is C22H23NO4. The fourth-order valence-electron chi connectivity index (χ4n) is 3.20. The van der Waals surface area contributed by atoms with Crippen molar-refractivity contribution >= 4 is 17.8 Å². The van der Waals surface area contributed by atoms with E-state index >= 15 is 0 Å². The second-order valence-corrected chi connectivity index (χ2v) is 7.77. The first-order valence-electron chi connectivity index (χ1n) is 8.93. The zero-order chi connectivity index (χ0) is 19.8. The van der Waals surface area contributed by atoms with Gasteiger partial charge in [-0.1, -0.05) is 42.0 Å². The smallest absolute Gasteiger partial charge is 0.330 e. The van der Waals surface area contributed by atoms with Gasteiger partial charge >= 0.3 is 5.97 Å². The van der Waals surface area contributed by atoms with Gasteiger partial charge in [0, 0.05) is 6.42 Å². The van der Waals surface area contributed by atoms with E-state index in [9.17, 15) is 14.4 Å². The van der Waals surface area contributed by atoms with Crippen LogP contribution in [0.2, 0.25) is 0 Å². The summed E-state index contributed by atoms with van der Waals surface area (Å²) >= 11 is 0. The number of carbonyl (C=O) groups is 3. The first-order valence-corrected chi connectivity index (χ1v) is 8.93. The second-order valence-electron chi connectivity index (χ2n) is 7.77. The summed E-state index contributed by atoms with van der Waals surface area (Å²) in [5, 5.41) is 0. The highest BCUT2D eigenvalue weighted by molar-refractivity contribution is 6.22. The number of rotatable bonds is 4. The third-order valence-corrected chi connectivity index (χ3v) is 4.33. The highest BCUT2D eigenvalue weighted by Crippen LogP contribution is 2.27. The third-order valence-electron chi connectivity index (χ3n) is 4.33. The molecule has 0 aromatic heterocycles. The highest BCUT2D eigenvalue weighted by Gasteiger charge is 2.44. The summed E-state index contributed by atoms with van der Waals surface area (Å²) in [6.45, 7) is 7.24. The number of benzene rings is 2. The topological polar surface area (TPSA) is 63.7 Å². The Balaban J connectivity index is 1.98. The van der Waals surface area contributed by atoms with Crippen molar-refractivity contribution in [2.45, 2.75) is 45.8 Å². The van der Waals surface area contributed by atoms with E-state index in [0.717, 1.165) is 16.0 Å². The lowest BCUT2D eigenvalue weighted by Gasteiger charge is -2.28. The number of hydrogen-bond donors (Lipinski definition) is 0. The lowest BCUT2D eigenvalue weighted by atomic mass is 10.0. The molecule has 140 valence electrons. The van der Waals surface area contributed by atoms with Crippen LogP contribution in [0.1, 0.15) is 52.6 Å². The molecule has 0 N–H and O–H groups in total. The van der Waals surface area contributed by atoms with Gasteiger partial charge in [-0.15, -0.1) is 0 Å². The summed E-state index contributed by atoms with van der Waals surface area (Å²) < 4.78 is 5.53. The van der Waals surface area contributed by atoms with E-state index in [1.165, 1.54) is 0 Å². The van der Waals surface area contributed by atoms with Gasteiger partial charge in [0.2, 0.25) is 0 Å². The van der Waals surface area contributed by atoms with Crippen LogP contribution in [0.25, 0.3) is 0 Å². The van der Waals surface area contributed by atoms with Crippen LogP contribution in [0.3, 0.4) is 0 Å². The molecule has 2 aromatic rings. The summed E-state index contributed by atoms with van der Waals surface area (Å²) in [4.78, 5) is 39.7. The number of imide groups is 1. The van der Waals surface area contributed by atoms with Crippen LogP contribution in [0, 0.1) is 6.92 Å². The Kier molecular flexibility index (Phi) is 4.87. The van der Waals surface area contributed by atoms with E-state index < -0.39 is 29.4 Å². The molecule has 0 saturated carbocycles. The Bertz CT molecular complexity index is 876. The summed E-state index contributed by atoms with van der Waals surface area (Å²) in [5.41, 5.74) is 1.82. The largest absolute Gasteiger partial charge is 0.458 e. The van der Waals surface area contributed by atoms with Gasteiger partial charge in [-0.25, -0.2) is 4.79 Å². The molecule has 5 heteroatoms. The molecule has 1 heterocycles. The first kappa shape index (κ1) is 18.8. The molecule has 0 spiro atoms. The molecule has 3 rings (SSSR count). The van der Waals surface area contributed by atoms with Gasteiger partial charge in [0.1, 0.15) is 11.6 Å². The zero-order valence-corrected chi connectivity index (χ0v) is 16.0. The maximum atomic E-state index is 12.9. The minimum Gasteiger partial charge on any atom is -0.458 e. The minimum atomic E-state index is -1.02. The molecule has 2 amide bonds. The van der Waals surface area contributed by atoms with Crippen LogP contribution in [0.15, 0.2) is 48.5 Å². The average molecular weight is 365 g/mol. The van der Waals surface area contributed by atoms with Crippen LogP contribution in [0.4, 0.5) is 0 Å². The molecule has 1 aliphatic rings. The molecule has 1 aliphatic heterocycles. The number of aryl methyl sites for hydroxylation is 1. The predicted molar refractivity (Wildman–Crippen MR) is 101 cm³/mol. The number of hydrogen-bond acceptors (Lipinski definition) is 4. The van der Waals surface area contributed by atoms with Gasteiger partial charge in [-0.3, -0.25) is 14.5 Å². The van der Waals surface area contributed by atoms with Gasteiger partial charge < -0.3 is 4.74 Å². The zero-order valence-electron chi connectivity index (χ0n) is 16.0. The Labute approximate surface area is 158 Å². The molecule has 0 aliphatic carbocycles. The van der Waals surface area contributed by atoms with Crippen LogP contribution in [0.5, 0.6) is 0 Å². The Morgan fingerprint density at radius 3 is 2.11 bits per heavy atom. The lowest BCUT2D eigenvalue weighted by molar-refractivity contribution is -0.159. The maximum absolute atomic E-state index is 12.9. The number of esters is 1. The summed E-state index contributed by atoms with van der Waals surface area (Å²) in [6.07, 6.45) is 0.210. The van der Waals surface area contributed by atoms with E-state index in [0.29, 0.717) is 11.1 Å². The second kappa shape index (κ2) is 6.99. The minimum absolute atomic E-state index is 0.210. The number of fused-ring (bicyclic) bond motifs is 1. The van der Waals surface area contributed by atoms with Gasteiger partial charge in [-0.05, 0) is 45.4 Å². The van der Waals surface area contributed by atoms with Crippen molar-refractivity contribution in [1.29, 1.82) is 0 Å². The van der Waals surface area contributed by atoms with Gasteiger partial charge in [0.25, 0.3) is 11.8 Å². The fraction of sp³-hybridized carbons (Fsp3) is 0.318. The standard InChI is InChI=1S/C22H23NO4/c1-14-8-7-9-15(12-14)13-18(21(26)27-22(2,3)4)23-19(24)16-10-5-6-11-17(16)20(23)25/h5-12,18H,13H2,1-4H3/t18-/m0/s1. The number of carbonyl (C=O) groups excluding carboxylic acids is 3. The highest BCUT2D eigenvalue weighted by atomic mass is 16.6. The van der Waals surface area contributed by atoms with Crippen molar-refractivity contribution in [3.05, 3.63) is 70.8 Å². The summed E-state index contributed by atoms with van der Waals surface area (Å²) in [6, 6.07) is 13.3. The summed E-state index contributed by atoms with van der Waals surface area (Å²) in [5.74, 6) is -1.50. The third kappa shape index (κ3) is 3.92. The first-order chi connectivity index (χ1) is 12.7. The van der Waals surface area contributed by atoms with Crippen molar-refractivity contribution in [2.75, 3.05) is 0 Å². The molecule has 0 unspecified atom stereocenters. The molecule has 0 fully saturated rings.